The van der Waals surface area contributed by atoms with Crippen LogP contribution in [0.25, 0.3) is 16.8 Å². The van der Waals surface area contributed by atoms with E-state index in [9.17, 15) is 16.8 Å². The standard InChI is InChI=1S/C25H24N2O4S2/c28-32(29)22-13-11-17-6-1-3-9-20(17)24(22)25-21-10-4-2-7-18(21)12-14-23(25)33(30,31)27(32)16-19-8-5-15-26-19/h1-4,6-7,9-14,19,22,24,26H,5,8,15-16H2/t19-,22?,24?/m0/s1. The van der Waals surface area contributed by atoms with Crippen molar-refractivity contribution in [3.05, 3.63) is 83.4 Å². The third kappa shape index (κ3) is 3.12. The molecule has 1 aliphatic carbocycles. The highest BCUT2D eigenvalue weighted by Gasteiger charge is 2.51. The van der Waals surface area contributed by atoms with Gasteiger partial charge in [0.2, 0.25) is 10.0 Å². The fraction of sp³-hybridized carbons (Fsp3) is 0.280. The minimum Gasteiger partial charge on any atom is -0.313 e. The van der Waals surface area contributed by atoms with Crippen molar-refractivity contribution in [3.8, 4) is 0 Å². The van der Waals surface area contributed by atoms with Crippen LogP contribution in [-0.2, 0) is 20.0 Å². The highest BCUT2D eigenvalue weighted by molar-refractivity contribution is 8.04. The molecule has 33 heavy (non-hydrogen) atoms. The van der Waals surface area contributed by atoms with Crippen LogP contribution in [-0.4, -0.2) is 44.9 Å². The lowest BCUT2D eigenvalue weighted by Gasteiger charge is -2.31. The van der Waals surface area contributed by atoms with Gasteiger partial charge in [0.25, 0.3) is 10.0 Å². The van der Waals surface area contributed by atoms with Crippen LogP contribution >= 0.6 is 0 Å². The Morgan fingerprint density at radius 2 is 1.73 bits per heavy atom. The summed E-state index contributed by atoms with van der Waals surface area (Å²) in [5.74, 6) is -0.617. The summed E-state index contributed by atoms with van der Waals surface area (Å²) in [6, 6.07) is 18.4. The van der Waals surface area contributed by atoms with Crippen molar-refractivity contribution in [3.63, 3.8) is 0 Å². The summed E-state index contributed by atoms with van der Waals surface area (Å²) >= 11 is 0. The van der Waals surface area contributed by atoms with E-state index in [1.54, 1.807) is 18.2 Å². The molecule has 2 aliphatic heterocycles. The molecule has 3 aromatic rings. The van der Waals surface area contributed by atoms with Crippen molar-refractivity contribution in [1.82, 2.24) is 9.03 Å². The molecule has 3 atom stereocenters. The average Bonchev–Trinajstić information content (AvgIpc) is 3.32. The molecule has 170 valence electrons. The molecule has 0 aromatic heterocycles. The summed E-state index contributed by atoms with van der Waals surface area (Å²) in [5.41, 5.74) is 2.32. The van der Waals surface area contributed by atoms with Crippen LogP contribution < -0.4 is 5.32 Å². The summed E-state index contributed by atoms with van der Waals surface area (Å²) < 4.78 is 56.9. The SMILES string of the molecule is O=S1(=O)c2ccc3ccccc3c2C2c3ccccc3C=CC2S(=O)(=O)N1C[C@@H]1CCCN1. The Kier molecular flexibility index (Phi) is 4.78. The predicted molar refractivity (Wildman–Crippen MR) is 129 cm³/mol. The minimum absolute atomic E-state index is 0.0837. The number of benzene rings is 3. The summed E-state index contributed by atoms with van der Waals surface area (Å²) in [5, 5.41) is 3.91. The second-order valence-electron chi connectivity index (χ2n) is 8.93. The van der Waals surface area contributed by atoms with Crippen LogP contribution in [0.2, 0.25) is 0 Å². The lowest BCUT2D eigenvalue weighted by Crippen LogP contribution is -2.47. The molecule has 2 unspecified atom stereocenters. The molecule has 3 aliphatic rings. The summed E-state index contributed by atoms with van der Waals surface area (Å²) in [7, 11) is -8.51. The van der Waals surface area contributed by atoms with Gasteiger partial charge in [-0.2, -0.15) is 0 Å². The van der Waals surface area contributed by atoms with E-state index in [1.807, 2.05) is 54.6 Å². The topological polar surface area (TPSA) is 83.5 Å². The highest BCUT2D eigenvalue weighted by Crippen LogP contribution is 2.48. The van der Waals surface area contributed by atoms with E-state index in [4.69, 9.17) is 0 Å². The van der Waals surface area contributed by atoms with Gasteiger partial charge in [0.1, 0.15) is 5.25 Å². The molecule has 8 heteroatoms. The fourth-order valence-corrected chi connectivity index (χ4v) is 10.1. The normalized spacial score (nSPS) is 27.5. The molecular weight excluding hydrogens is 456 g/mol. The van der Waals surface area contributed by atoms with E-state index in [2.05, 4.69) is 5.32 Å². The molecule has 0 spiro atoms. The second-order valence-corrected chi connectivity index (χ2v) is 13.0. The number of rotatable bonds is 2. The van der Waals surface area contributed by atoms with Crippen molar-refractivity contribution in [2.75, 3.05) is 13.1 Å². The van der Waals surface area contributed by atoms with Crippen LogP contribution in [0.4, 0.5) is 0 Å². The Morgan fingerprint density at radius 3 is 2.55 bits per heavy atom. The van der Waals surface area contributed by atoms with Gasteiger partial charge in [0.15, 0.2) is 0 Å². The number of fused-ring (bicyclic) bond motifs is 7. The quantitative estimate of drug-likeness (QED) is 0.607. The Hall–Kier alpha value is -2.52. The Bertz CT molecular complexity index is 1510. The van der Waals surface area contributed by atoms with Gasteiger partial charge >= 0.3 is 0 Å². The zero-order chi connectivity index (χ0) is 22.8. The van der Waals surface area contributed by atoms with Crippen LogP contribution in [0.3, 0.4) is 0 Å². The maximum Gasteiger partial charge on any atom is 0.256 e. The molecule has 2 heterocycles. The van der Waals surface area contributed by atoms with Crippen molar-refractivity contribution in [2.24, 2.45) is 0 Å². The largest absolute Gasteiger partial charge is 0.313 e. The zero-order valence-corrected chi connectivity index (χ0v) is 19.5. The molecular formula is C25H24N2O4S2. The number of sulfonamides is 2. The van der Waals surface area contributed by atoms with Crippen LogP contribution in [0, 0.1) is 0 Å². The maximum atomic E-state index is 14.1. The zero-order valence-electron chi connectivity index (χ0n) is 17.9. The van der Waals surface area contributed by atoms with Gasteiger partial charge in [0, 0.05) is 18.5 Å². The summed E-state index contributed by atoms with van der Waals surface area (Å²) in [6.07, 6.45) is 5.13. The van der Waals surface area contributed by atoms with Gasteiger partial charge in [-0.15, -0.1) is 0 Å². The number of nitrogens with one attached hydrogen (secondary N) is 1. The van der Waals surface area contributed by atoms with E-state index < -0.39 is 31.2 Å². The summed E-state index contributed by atoms with van der Waals surface area (Å²) in [6.45, 7) is 0.675. The third-order valence-corrected chi connectivity index (χ3v) is 11.7. The Balaban J connectivity index is 1.70. The number of hydrogen-bond donors (Lipinski definition) is 1. The number of nitrogens with zero attached hydrogens (tertiary/aromatic N) is 1. The van der Waals surface area contributed by atoms with Crippen molar-refractivity contribution in [1.29, 1.82) is 0 Å². The molecule has 6 rings (SSSR count). The van der Waals surface area contributed by atoms with E-state index in [0.29, 0.717) is 5.56 Å². The Labute approximate surface area is 194 Å². The molecule has 3 aromatic carbocycles. The minimum atomic E-state index is -4.30. The van der Waals surface area contributed by atoms with Gasteiger partial charge in [-0.3, -0.25) is 0 Å². The third-order valence-electron chi connectivity index (χ3n) is 7.07. The molecule has 0 amide bonds. The second kappa shape index (κ2) is 7.50. The highest BCUT2D eigenvalue weighted by atomic mass is 32.3. The van der Waals surface area contributed by atoms with E-state index >= 15 is 0 Å². The Morgan fingerprint density at radius 1 is 0.939 bits per heavy atom. The van der Waals surface area contributed by atoms with Gasteiger partial charge in [-0.25, -0.2) is 16.8 Å². The molecule has 1 saturated heterocycles. The van der Waals surface area contributed by atoms with Gasteiger partial charge in [-0.1, -0.05) is 70.5 Å². The monoisotopic (exact) mass is 480 g/mol. The predicted octanol–water partition coefficient (Wildman–Crippen LogP) is 3.45. The lowest BCUT2D eigenvalue weighted by atomic mass is 9.80. The first kappa shape index (κ1) is 21.0. The maximum absolute atomic E-state index is 14.1. The van der Waals surface area contributed by atoms with E-state index in [-0.39, 0.29) is 17.5 Å². The van der Waals surface area contributed by atoms with Crippen molar-refractivity contribution >= 4 is 36.9 Å². The first-order chi connectivity index (χ1) is 15.9. The van der Waals surface area contributed by atoms with Gasteiger partial charge < -0.3 is 5.32 Å². The molecule has 0 saturated carbocycles. The molecule has 0 bridgehead atoms. The van der Waals surface area contributed by atoms with E-state index in [0.717, 1.165) is 45.0 Å². The molecule has 0 radical (unpaired) electrons. The molecule has 6 nitrogen and oxygen atoms in total. The van der Waals surface area contributed by atoms with Gasteiger partial charge in [0.05, 0.1) is 4.90 Å². The van der Waals surface area contributed by atoms with Crippen molar-refractivity contribution < 1.29 is 16.8 Å². The first-order valence-corrected chi connectivity index (χ1v) is 14.1. The van der Waals surface area contributed by atoms with Crippen LogP contribution in [0.1, 0.15) is 35.4 Å². The van der Waals surface area contributed by atoms with E-state index in [1.165, 1.54) is 0 Å². The average molecular weight is 481 g/mol. The lowest BCUT2D eigenvalue weighted by molar-refractivity contribution is 0.452. The molecule has 1 fully saturated rings. The van der Waals surface area contributed by atoms with Crippen molar-refractivity contribution in [2.45, 2.75) is 34.9 Å². The molecule has 1 N–H and O–H groups in total. The van der Waals surface area contributed by atoms with Gasteiger partial charge in [-0.05, 0) is 52.9 Å². The number of hydrogen-bond acceptors (Lipinski definition) is 5. The summed E-state index contributed by atoms with van der Waals surface area (Å²) in [4.78, 5) is 0.0837. The van der Waals surface area contributed by atoms with Crippen LogP contribution in [0.15, 0.2) is 71.6 Å². The fourth-order valence-electron chi connectivity index (χ4n) is 5.52. The van der Waals surface area contributed by atoms with Crippen LogP contribution in [0.5, 0.6) is 0 Å². The first-order valence-electron chi connectivity index (χ1n) is 11.2. The smallest absolute Gasteiger partial charge is 0.256 e.